The highest BCUT2D eigenvalue weighted by molar-refractivity contribution is 5.55. The minimum absolute atomic E-state index is 0.165. The molecule has 2 aromatic rings. The predicted octanol–water partition coefficient (Wildman–Crippen LogP) is 5.30. The third-order valence-corrected chi connectivity index (χ3v) is 5.32. The van der Waals surface area contributed by atoms with Crippen LogP contribution in [0.1, 0.15) is 42.9 Å². The normalized spacial score (nSPS) is 19.6. The van der Waals surface area contributed by atoms with Crippen molar-refractivity contribution in [1.29, 1.82) is 5.26 Å². The maximum atomic E-state index is 13.3. The number of nitrogens with zero attached hydrogens (tertiary/aromatic N) is 2. The average molecular weight is 374 g/mol. The second kappa shape index (κ2) is 6.80. The van der Waals surface area contributed by atoms with Crippen molar-refractivity contribution in [3.63, 3.8) is 0 Å². The lowest BCUT2D eigenvalue weighted by molar-refractivity contribution is -0.137. The van der Waals surface area contributed by atoms with Crippen LogP contribution in [0.3, 0.4) is 0 Å². The number of phenols is 1. The Hall–Kier alpha value is -2.68. The zero-order chi connectivity index (χ0) is 19.8. The van der Waals surface area contributed by atoms with Gasteiger partial charge >= 0.3 is 6.18 Å². The smallest absolute Gasteiger partial charge is 0.417 e. The Morgan fingerprint density at radius 2 is 1.81 bits per heavy atom. The van der Waals surface area contributed by atoms with Gasteiger partial charge in [-0.25, -0.2) is 0 Å². The highest BCUT2D eigenvalue weighted by Crippen LogP contribution is 2.44. The largest absolute Gasteiger partial charge is 0.508 e. The van der Waals surface area contributed by atoms with Crippen molar-refractivity contribution in [2.45, 2.75) is 32.4 Å². The molecule has 0 saturated carbocycles. The first-order valence-corrected chi connectivity index (χ1v) is 8.77. The van der Waals surface area contributed by atoms with Gasteiger partial charge in [0.2, 0.25) is 0 Å². The first-order valence-electron chi connectivity index (χ1n) is 8.77. The highest BCUT2D eigenvalue weighted by atomic mass is 19.4. The molecule has 0 spiro atoms. The highest BCUT2D eigenvalue weighted by Gasteiger charge is 2.38. The van der Waals surface area contributed by atoms with Crippen LogP contribution in [0.2, 0.25) is 0 Å². The summed E-state index contributed by atoms with van der Waals surface area (Å²) in [6.45, 7) is 5.43. The van der Waals surface area contributed by atoms with E-state index in [9.17, 15) is 18.3 Å². The number of halogens is 3. The van der Waals surface area contributed by atoms with E-state index in [0.29, 0.717) is 18.8 Å². The first-order chi connectivity index (χ1) is 12.6. The van der Waals surface area contributed by atoms with E-state index in [1.54, 1.807) is 24.3 Å². The molecule has 0 aliphatic carbocycles. The third-order valence-electron chi connectivity index (χ3n) is 5.32. The number of benzene rings is 2. The lowest BCUT2D eigenvalue weighted by Crippen LogP contribution is -2.44. The molecular formula is C21H21F3N2O. The maximum absolute atomic E-state index is 13.3. The van der Waals surface area contributed by atoms with E-state index >= 15 is 0 Å². The Balaban J connectivity index is 1.87. The lowest BCUT2D eigenvalue weighted by atomic mass is 9.70. The van der Waals surface area contributed by atoms with Gasteiger partial charge in [-0.15, -0.1) is 0 Å². The Bertz CT molecular complexity index is 866. The van der Waals surface area contributed by atoms with Crippen LogP contribution in [0.4, 0.5) is 18.9 Å². The quantitative estimate of drug-likeness (QED) is 0.776. The van der Waals surface area contributed by atoms with Crippen LogP contribution in [0.25, 0.3) is 0 Å². The fourth-order valence-electron chi connectivity index (χ4n) is 3.96. The molecule has 1 saturated heterocycles. The molecule has 0 amide bonds. The summed E-state index contributed by atoms with van der Waals surface area (Å²) in [5, 5.41) is 18.5. The SMILES string of the molecule is CC1(C)CN(c2ccc(C#N)c(C(F)(F)F)c2)CCC1c1ccc(O)cc1. The van der Waals surface area contributed by atoms with Crippen LogP contribution in [-0.4, -0.2) is 18.2 Å². The third kappa shape index (κ3) is 3.87. The van der Waals surface area contributed by atoms with E-state index in [-0.39, 0.29) is 22.6 Å². The molecule has 27 heavy (non-hydrogen) atoms. The molecule has 1 aliphatic heterocycles. The summed E-state index contributed by atoms with van der Waals surface area (Å²) in [6, 6.07) is 12.7. The number of aromatic hydroxyl groups is 1. The van der Waals surface area contributed by atoms with E-state index in [1.165, 1.54) is 6.07 Å². The molecule has 1 heterocycles. The molecule has 3 nitrogen and oxygen atoms in total. The van der Waals surface area contributed by atoms with E-state index < -0.39 is 11.7 Å². The van der Waals surface area contributed by atoms with Gasteiger partial charge in [0.15, 0.2) is 0 Å². The minimum Gasteiger partial charge on any atom is -0.508 e. The molecule has 0 bridgehead atoms. The van der Waals surface area contributed by atoms with Gasteiger partial charge in [-0.3, -0.25) is 0 Å². The number of nitriles is 1. The van der Waals surface area contributed by atoms with E-state index in [4.69, 9.17) is 5.26 Å². The Labute approximate surface area is 156 Å². The van der Waals surface area contributed by atoms with Crippen LogP contribution >= 0.6 is 0 Å². The summed E-state index contributed by atoms with van der Waals surface area (Å²) in [5.41, 5.74) is 0.193. The number of hydrogen-bond acceptors (Lipinski definition) is 3. The molecular weight excluding hydrogens is 353 g/mol. The van der Waals surface area contributed by atoms with Crippen molar-refractivity contribution in [3.05, 3.63) is 59.2 Å². The summed E-state index contributed by atoms with van der Waals surface area (Å²) in [5.74, 6) is 0.459. The summed E-state index contributed by atoms with van der Waals surface area (Å²) >= 11 is 0. The number of rotatable bonds is 2. The van der Waals surface area contributed by atoms with Gasteiger partial charge in [-0.05, 0) is 53.6 Å². The predicted molar refractivity (Wildman–Crippen MR) is 97.6 cm³/mol. The van der Waals surface area contributed by atoms with Crippen LogP contribution < -0.4 is 4.90 Å². The molecule has 1 N–H and O–H groups in total. The summed E-state index contributed by atoms with van der Waals surface area (Å²) < 4.78 is 39.8. The molecule has 1 aliphatic rings. The molecule has 2 aromatic carbocycles. The fourth-order valence-corrected chi connectivity index (χ4v) is 3.96. The average Bonchev–Trinajstić information content (AvgIpc) is 2.60. The van der Waals surface area contributed by atoms with Crippen LogP contribution in [-0.2, 0) is 6.18 Å². The van der Waals surface area contributed by atoms with Crippen molar-refractivity contribution in [2.75, 3.05) is 18.0 Å². The Morgan fingerprint density at radius 3 is 2.37 bits per heavy atom. The van der Waals surface area contributed by atoms with Crippen molar-refractivity contribution in [3.8, 4) is 11.8 Å². The molecule has 0 aromatic heterocycles. The van der Waals surface area contributed by atoms with E-state index in [0.717, 1.165) is 18.1 Å². The standard InChI is InChI=1S/C21H21F3N2O/c1-20(2)13-26(10-9-18(20)14-4-7-17(27)8-5-14)16-6-3-15(12-25)19(11-16)21(22,23)24/h3-8,11,18,27H,9-10,13H2,1-2H3. The van der Waals surface area contributed by atoms with Crippen LogP contribution in [0, 0.1) is 16.7 Å². The second-order valence-corrected chi connectivity index (χ2v) is 7.68. The zero-order valence-electron chi connectivity index (χ0n) is 15.2. The number of alkyl halides is 3. The van der Waals surface area contributed by atoms with E-state index in [2.05, 4.69) is 13.8 Å². The van der Waals surface area contributed by atoms with Crippen molar-refractivity contribution in [1.82, 2.24) is 0 Å². The van der Waals surface area contributed by atoms with Gasteiger partial charge in [-0.1, -0.05) is 26.0 Å². The van der Waals surface area contributed by atoms with Gasteiger partial charge in [-0.2, -0.15) is 18.4 Å². The molecule has 1 atom stereocenters. The van der Waals surface area contributed by atoms with Crippen LogP contribution in [0.5, 0.6) is 5.75 Å². The number of hydrogen-bond donors (Lipinski definition) is 1. The van der Waals surface area contributed by atoms with Crippen molar-refractivity contribution in [2.24, 2.45) is 5.41 Å². The molecule has 1 unspecified atom stereocenters. The first kappa shape index (κ1) is 19.1. The van der Waals surface area contributed by atoms with Gasteiger partial charge in [0.05, 0.1) is 17.2 Å². The summed E-state index contributed by atoms with van der Waals surface area (Å²) in [6.07, 6.45) is -3.76. The Kier molecular flexibility index (Phi) is 4.81. The van der Waals surface area contributed by atoms with Gasteiger partial charge < -0.3 is 10.0 Å². The number of piperidine rings is 1. The number of anilines is 1. The zero-order valence-corrected chi connectivity index (χ0v) is 15.2. The van der Waals surface area contributed by atoms with Gasteiger partial charge in [0.25, 0.3) is 0 Å². The van der Waals surface area contributed by atoms with Gasteiger partial charge in [0, 0.05) is 18.8 Å². The topological polar surface area (TPSA) is 47.3 Å². The molecule has 3 rings (SSSR count). The maximum Gasteiger partial charge on any atom is 0.417 e. The second-order valence-electron chi connectivity index (χ2n) is 7.68. The fraction of sp³-hybridized carbons (Fsp3) is 0.381. The summed E-state index contributed by atoms with van der Waals surface area (Å²) in [4.78, 5) is 1.95. The minimum atomic E-state index is -4.55. The molecule has 6 heteroatoms. The van der Waals surface area contributed by atoms with E-state index in [1.807, 2.05) is 17.0 Å². The molecule has 0 radical (unpaired) electrons. The van der Waals surface area contributed by atoms with Crippen LogP contribution in [0.15, 0.2) is 42.5 Å². The number of phenolic OH excluding ortho intramolecular Hbond substituents is 1. The monoisotopic (exact) mass is 374 g/mol. The molecule has 1 fully saturated rings. The molecule has 142 valence electrons. The van der Waals surface area contributed by atoms with Gasteiger partial charge in [0.1, 0.15) is 5.75 Å². The van der Waals surface area contributed by atoms with Crippen molar-refractivity contribution >= 4 is 5.69 Å². The van der Waals surface area contributed by atoms with Crippen molar-refractivity contribution < 1.29 is 18.3 Å². The lowest BCUT2D eigenvalue weighted by Gasteiger charge is -2.45. The summed E-state index contributed by atoms with van der Waals surface area (Å²) in [7, 11) is 0. The Morgan fingerprint density at radius 1 is 1.15 bits per heavy atom.